The highest BCUT2D eigenvalue weighted by Gasteiger charge is 2.39. The van der Waals surface area contributed by atoms with Crippen molar-refractivity contribution in [1.82, 2.24) is 9.13 Å². The molecule has 2 N–H and O–H groups in total. The molecule has 1 saturated carbocycles. The highest BCUT2D eigenvalue weighted by atomic mass is 32.2. The van der Waals surface area contributed by atoms with Crippen molar-refractivity contribution in [2.45, 2.75) is 37.7 Å². The molecule has 1 aliphatic rings. The van der Waals surface area contributed by atoms with Crippen LogP contribution in [0.25, 0.3) is 32.9 Å². The lowest BCUT2D eigenvalue weighted by Gasteiger charge is -2.12. The molecule has 2 aromatic carbocycles. The van der Waals surface area contributed by atoms with Gasteiger partial charge >= 0.3 is 0 Å². The summed E-state index contributed by atoms with van der Waals surface area (Å²) in [5.41, 5.74) is 8.68. The fourth-order valence-electron chi connectivity index (χ4n) is 4.38. The Hall–Kier alpha value is -3.02. The number of primary amides is 1. The van der Waals surface area contributed by atoms with Crippen molar-refractivity contribution in [1.29, 1.82) is 0 Å². The van der Waals surface area contributed by atoms with Gasteiger partial charge in [-0.1, -0.05) is 28.4 Å². The molecule has 1 amide bonds. The SMILES string of the molecule is Cc1noc(C)c1-c1cc(C(N)=O)c2c(c1)c1ccc(CS(=O)[O-])cc1n2S(=O)(=O)C1CC1. The minimum absolute atomic E-state index is 0.0527. The second-order valence-electron chi connectivity index (χ2n) is 8.29. The van der Waals surface area contributed by atoms with Gasteiger partial charge in [0.1, 0.15) is 5.76 Å². The molecule has 0 spiro atoms. The number of benzene rings is 2. The molecule has 2 heterocycles. The summed E-state index contributed by atoms with van der Waals surface area (Å²) in [5.74, 6) is -0.477. The van der Waals surface area contributed by atoms with Gasteiger partial charge in [0.15, 0.2) is 0 Å². The van der Waals surface area contributed by atoms with Crippen LogP contribution in [-0.4, -0.2) is 37.5 Å². The van der Waals surface area contributed by atoms with Crippen molar-refractivity contribution in [2.24, 2.45) is 5.73 Å². The Kier molecular flexibility index (Phi) is 4.96. The van der Waals surface area contributed by atoms with Crippen LogP contribution in [0.1, 0.15) is 40.2 Å². The second kappa shape index (κ2) is 7.51. The van der Waals surface area contributed by atoms with Gasteiger partial charge in [0, 0.05) is 22.1 Å². The van der Waals surface area contributed by atoms with Crippen molar-refractivity contribution in [3.05, 3.63) is 52.9 Å². The summed E-state index contributed by atoms with van der Waals surface area (Å²) in [6.45, 7) is 3.52. The molecule has 4 aromatic rings. The first kappa shape index (κ1) is 21.8. The Morgan fingerprint density at radius 3 is 2.55 bits per heavy atom. The van der Waals surface area contributed by atoms with E-state index >= 15 is 0 Å². The van der Waals surface area contributed by atoms with Crippen LogP contribution < -0.4 is 5.73 Å². The van der Waals surface area contributed by atoms with E-state index in [9.17, 15) is 22.0 Å². The van der Waals surface area contributed by atoms with Crippen LogP contribution in [0.5, 0.6) is 0 Å². The Morgan fingerprint density at radius 1 is 1.24 bits per heavy atom. The smallest absolute Gasteiger partial charge is 0.250 e. The van der Waals surface area contributed by atoms with Crippen LogP contribution in [0, 0.1) is 13.8 Å². The molecule has 11 heteroatoms. The van der Waals surface area contributed by atoms with Gasteiger partial charge < -0.3 is 14.8 Å². The average molecular weight is 487 g/mol. The standard InChI is InChI=1S/C22H21N3O6S2/c1-11-20(12(2)31-24-11)14-8-17-16-6-3-13(10-32(27)28)7-19(16)25(33(29,30)15-4-5-15)21(17)18(9-14)22(23)26/h3,6-9,15H,4-5,10H2,1-2H3,(H2,23,26)(H,27,28)/p-1. The fourth-order valence-corrected chi connectivity index (χ4v) is 6.74. The van der Waals surface area contributed by atoms with Crippen molar-refractivity contribution >= 4 is 48.8 Å². The zero-order valence-corrected chi connectivity index (χ0v) is 19.5. The van der Waals surface area contributed by atoms with E-state index in [0.717, 1.165) is 0 Å². The quantitative estimate of drug-likeness (QED) is 0.412. The lowest BCUT2D eigenvalue weighted by Crippen LogP contribution is -2.20. The van der Waals surface area contributed by atoms with Gasteiger partial charge in [0.25, 0.3) is 5.91 Å². The first-order chi connectivity index (χ1) is 15.6. The number of aromatic nitrogens is 2. The van der Waals surface area contributed by atoms with Gasteiger partial charge in [-0.3, -0.25) is 9.00 Å². The zero-order valence-electron chi connectivity index (χ0n) is 17.8. The number of carbonyl (C=O) groups excluding carboxylic acids is 1. The molecule has 1 unspecified atom stereocenters. The number of hydrogen-bond donors (Lipinski definition) is 1. The predicted octanol–water partition coefficient (Wildman–Crippen LogP) is 2.88. The average Bonchev–Trinajstić information content (AvgIpc) is 3.48. The fraction of sp³-hybridized carbons (Fsp3) is 0.273. The minimum atomic E-state index is -3.84. The van der Waals surface area contributed by atoms with Crippen LogP contribution in [0.2, 0.25) is 0 Å². The number of nitrogens with zero attached hydrogens (tertiary/aromatic N) is 2. The Balaban J connectivity index is 1.95. The lowest BCUT2D eigenvalue weighted by atomic mass is 9.98. The molecule has 1 aliphatic carbocycles. The molecule has 33 heavy (non-hydrogen) atoms. The first-order valence-electron chi connectivity index (χ1n) is 10.2. The number of nitrogens with two attached hydrogens (primary N) is 1. The summed E-state index contributed by atoms with van der Waals surface area (Å²) in [7, 11) is -3.84. The highest BCUT2D eigenvalue weighted by molar-refractivity contribution is 7.91. The van der Waals surface area contributed by atoms with Gasteiger partial charge in [0.2, 0.25) is 10.0 Å². The third kappa shape index (κ3) is 3.47. The third-order valence-electron chi connectivity index (χ3n) is 5.96. The second-order valence-corrected chi connectivity index (χ2v) is 11.2. The molecule has 2 aromatic heterocycles. The monoisotopic (exact) mass is 486 g/mol. The number of rotatable bonds is 6. The maximum Gasteiger partial charge on any atom is 0.250 e. The molecule has 0 radical (unpaired) electrons. The number of fused-ring (bicyclic) bond motifs is 3. The first-order valence-corrected chi connectivity index (χ1v) is 13.0. The summed E-state index contributed by atoms with van der Waals surface area (Å²) in [6, 6.07) is 8.22. The van der Waals surface area contributed by atoms with Crippen molar-refractivity contribution < 1.29 is 26.5 Å². The van der Waals surface area contributed by atoms with E-state index in [4.69, 9.17) is 10.3 Å². The van der Waals surface area contributed by atoms with Gasteiger partial charge in [-0.15, -0.1) is 0 Å². The molecule has 5 rings (SSSR count). The largest absolute Gasteiger partial charge is 0.772 e. The van der Waals surface area contributed by atoms with Gasteiger partial charge in [-0.05, 0) is 56.0 Å². The van der Waals surface area contributed by atoms with E-state index in [1.807, 2.05) is 0 Å². The molecule has 9 nitrogen and oxygen atoms in total. The summed E-state index contributed by atoms with van der Waals surface area (Å²) < 4.78 is 55.9. The van der Waals surface area contributed by atoms with Crippen LogP contribution in [0.15, 0.2) is 34.9 Å². The van der Waals surface area contributed by atoms with E-state index in [2.05, 4.69) is 5.16 Å². The zero-order chi connectivity index (χ0) is 23.7. The molecule has 0 bridgehead atoms. The Labute approximate surface area is 191 Å². The summed E-state index contributed by atoms with van der Waals surface area (Å²) >= 11 is -2.34. The lowest BCUT2D eigenvalue weighted by molar-refractivity contribution is 0.100. The molecular formula is C22H20N3O6S2-. The molecule has 0 aliphatic heterocycles. The van der Waals surface area contributed by atoms with E-state index in [1.165, 1.54) is 3.97 Å². The topological polar surface area (TPSA) is 148 Å². The Morgan fingerprint density at radius 2 is 1.97 bits per heavy atom. The third-order valence-corrected chi connectivity index (χ3v) is 8.73. The van der Waals surface area contributed by atoms with Gasteiger partial charge in [-0.2, -0.15) is 0 Å². The highest BCUT2D eigenvalue weighted by Crippen LogP contribution is 2.41. The number of aryl methyl sites for hydroxylation is 2. The van der Waals surface area contributed by atoms with Gasteiger partial charge in [-0.25, -0.2) is 12.4 Å². The van der Waals surface area contributed by atoms with Gasteiger partial charge in [0.05, 0.1) is 27.5 Å². The Bertz CT molecular complexity index is 1580. The molecule has 172 valence electrons. The maximum atomic E-state index is 13.5. The molecular weight excluding hydrogens is 466 g/mol. The van der Waals surface area contributed by atoms with Crippen LogP contribution in [-0.2, 0) is 26.9 Å². The minimum Gasteiger partial charge on any atom is -0.772 e. The maximum absolute atomic E-state index is 13.5. The van der Waals surface area contributed by atoms with Crippen molar-refractivity contribution in [2.75, 3.05) is 0 Å². The number of amides is 1. The van der Waals surface area contributed by atoms with Crippen LogP contribution >= 0.6 is 0 Å². The molecule has 1 atom stereocenters. The van der Waals surface area contributed by atoms with Crippen molar-refractivity contribution in [3.8, 4) is 11.1 Å². The predicted molar refractivity (Wildman–Crippen MR) is 123 cm³/mol. The van der Waals surface area contributed by atoms with Crippen LogP contribution in [0.4, 0.5) is 0 Å². The molecule has 0 saturated heterocycles. The number of hydrogen-bond acceptors (Lipinski definition) is 7. The summed E-state index contributed by atoms with van der Waals surface area (Å²) in [5, 5.41) is 4.51. The van der Waals surface area contributed by atoms with Crippen molar-refractivity contribution in [3.63, 3.8) is 0 Å². The van der Waals surface area contributed by atoms with Crippen LogP contribution in [0.3, 0.4) is 0 Å². The summed E-state index contributed by atoms with van der Waals surface area (Å²) in [6.07, 6.45) is 1.05. The van der Waals surface area contributed by atoms with E-state index in [-0.39, 0.29) is 16.8 Å². The molecule has 1 fully saturated rings. The number of carbonyl (C=O) groups is 1. The summed E-state index contributed by atoms with van der Waals surface area (Å²) in [4.78, 5) is 12.6. The van der Waals surface area contributed by atoms with E-state index in [0.29, 0.717) is 57.3 Å². The van der Waals surface area contributed by atoms with E-state index < -0.39 is 32.3 Å². The van der Waals surface area contributed by atoms with E-state index in [1.54, 1.807) is 44.2 Å². The normalized spacial score (nSPS) is 15.4.